The first-order valence-corrected chi connectivity index (χ1v) is 7.09. The molecule has 0 aliphatic heterocycles. The Balaban J connectivity index is 2.05. The minimum Gasteiger partial charge on any atom is -0.383 e. The van der Waals surface area contributed by atoms with Crippen molar-refractivity contribution < 1.29 is 4.74 Å². The Morgan fingerprint density at radius 3 is 2.70 bits per heavy atom. The summed E-state index contributed by atoms with van der Waals surface area (Å²) in [5, 5.41) is 8.00. The number of benzene rings is 1. The Morgan fingerprint density at radius 1 is 1.30 bits per heavy atom. The van der Waals surface area contributed by atoms with Crippen molar-refractivity contribution >= 4 is 0 Å². The smallest absolute Gasteiger partial charge is 0.0645 e. The van der Waals surface area contributed by atoms with E-state index in [4.69, 9.17) is 4.74 Å². The number of hydrogen-bond acceptors (Lipinski definition) is 3. The topological polar surface area (TPSA) is 39.1 Å². The molecule has 1 aromatic heterocycles. The van der Waals surface area contributed by atoms with E-state index in [1.54, 1.807) is 7.11 Å². The van der Waals surface area contributed by atoms with Crippen molar-refractivity contribution in [3.05, 3.63) is 48.3 Å². The Hall–Kier alpha value is -1.65. The van der Waals surface area contributed by atoms with Crippen LogP contribution in [0, 0.1) is 0 Å². The fourth-order valence-corrected chi connectivity index (χ4v) is 2.22. The molecule has 1 heterocycles. The van der Waals surface area contributed by atoms with E-state index in [1.807, 2.05) is 29.1 Å². The van der Waals surface area contributed by atoms with Crippen LogP contribution in [0.15, 0.2) is 42.7 Å². The Labute approximate surface area is 120 Å². The van der Waals surface area contributed by atoms with Crippen molar-refractivity contribution in [2.24, 2.45) is 0 Å². The fourth-order valence-electron chi connectivity index (χ4n) is 2.22. The number of para-hydroxylation sites is 1. The third-order valence-electron chi connectivity index (χ3n) is 3.47. The second-order valence-electron chi connectivity index (χ2n) is 5.00. The number of hydrogen-bond donors (Lipinski definition) is 1. The van der Waals surface area contributed by atoms with E-state index < -0.39 is 0 Å². The summed E-state index contributed by atoms with van der Waals surface area (Å²) in [6, 6.07) is 10.8. The standard InChI is InChI=1S/C16H23N3O/c1-4-15(12-20-3)18-13(2)14-10-17-19(11-14)16-8-6-5-7-9-16/h5-11,13,15,18H,4,12H2,1-3H3. The first-order chi connectivity index (χ1) is 9.74. The van der Waals surface area contributed by atoms with Crippen LogP contribution >= 0.6 is 0 Å². The van der Waals surface area contributed by atoms with Crippen LogP contribution in [0.1, 0.15) is 31.9 Å². The molecule has 0 aliphatic carbocycles. The third-order valence-corrected chi connectivity index (χ3v) is 3.47. The van der Waals surface area contributed by atoms with Gasteiger partial charge in [0.15, 0.2) is 0 Å². The maximum Gasteiger partial charge on any atom is 0.0645 e. The molecule has 4 nitrogen and oxygen atoms in total. The lowest BCUT2D eigenvalue weighted by Crippen LogP contribution is -2.34. The first kappa shape index (κ1) is 14.8. The van der Waals surface area contributed by atoms with Gasteiger partial charge in [-0.05, 0) is 25.5 Å². The molecule has 2 aromatic rings. The van der Waals surface area contributed by atoms with Crippen LogP contribution in [0.3, 0.4) is 0 Å². The summed E-state index contributed by atoms with van der Waals surface area (Å²) < 4.78 is 7.13. The predicted octanol–water partition coefficient (Wildman–Crippen LogP) is 2.95. The van der Waals surface area contributed by atoms with Gasteiger partial charge in [0.05, 0.1) is 18.5 Å². The van der Waals surface area contributed by atoms with Gasteiger partial charge in [-0.25, -0.2) is 4.68 Å². The monoisotopic (exact) mass is 273 g/mol. The highest BCUT2D eigenvalue weighted by atomic mass is 16.5. The Bertz CT molecular complexity index is 509. The molecule has 0 aliphatic rings. The van der Waals surface area contributed by atoms with E-state index in [1.165, 1.54) is 5.56 Å². The van der Waals surface area contributed by atoms with Crippen LogP contribution in [0.5, 0.6) is 0 Å². The summed E-state index contributed by atoms with van der Waals surface area (Å²) in [6.45, 7) is 5.05. The van der Waals surface area contributed by atoms with E-state index in [9.17, 15) is 0 Å². The maximum atomic E-state index is 5.22. The van der Waals surface area contributed by atoms with Gasteiger partial charge in [-0.2, -0.15) is 5.10 Å². The molecule has 0 spiro atoms. The summed E-state index contributed by atoms with van der Waals surface area (Å²) in [5.41, 5.74) is 2.26. The zero-order chi connectivity index (χ0) is 14.4. The van der Waals surface area contributed by atoms with Crippen molar-refractivity contribution in [1.82, 2.24) is 15.1 Å². The lowest BCUT2D eigenvalue weighted by molar-refractivity contribution is 0.159. The zero-order valence-electron chi connectivity index (χ0n) is 12.4. The number of rotatable bonds is 7. The summed E-state index contributed by atoms with van der Waals surface area (Å²) in [4.78, 5) is 0. The molecule has 20 heavy (non-hydrogen) atoms. The molecular formula is C16H23N3O. The molecule has 0 bridgehead atoms. The van der Waals surface area contributed by atoms with Gasteiger partial charge in [-0.15, -0.1) is 0 Å². The third kappa shape index (κ3) is 3.68. The van der Waals surface area contributed by atoms with Crippen molar-refractivity contribution in [3.63, 3.8) is 0 Å². The second kappa shape index (κ2) is 7.22. The summed E-state index contributed by atoms with van der Waals surface area (Å²) in [5.74, 6) is 0. The molecule has 108 valence electrons. The van der Waals surface area contributed by atoms with E-state index in [2.05, 4.69) is 42.6 Å². The summed E-state index contributed by atoms with van der Waals surface area (Å²) in [6.07, 6.45) is 5.04. The highest BCUT2D eigenvalue weighted by molar-refractivity contribution is 5.31. The molecule has 2 atom stereocenters. The van der Waals surface area contributed by atoms with Crippen molar-refractivity contribution in [2.75, 3.05) is 13.7 Å². The fraction of sp³-hybridized carbons (Fsp3) is 0.438. The first-order valence-electron chi connectivity index (χ1n) is 7.09. The van der Waals surface area contributed by atoms with Crippen molar-refractivity contribution in [3.8, 4) is 5.69 Å². The molecule has 0 saturated heterocycles. The SMILES string of the molecule is CCC(COC)NC(C)c1cnn(-c2ccccc2)c1. The largest absolute Gasteiger partial charge is 0.383 e. The lowest BCUT2D eigenvalue weighted by Gasteiger charge is -2.20. The minimum atomic E-state index is 0.257. The van der Waals surface area contributed by atoms with E-state index in [0.717, 1.165) is 18.7 Å². The van der Waals surface area contributed by atoms with E-state index in [-0.39, 0.29) is 6.04 Å². The number of ether oxygens (including phenoxy) is 1. The van der Waals surface area contributed by atoms with E-state index >= 15 is 0 Å². The normalized spacial score (nSPS) is 14.2. The average Bonchev–Trinajstić information content (AvgIpc) is 2.97. The number of nitrogens with zero attached hydrogens (tertiary/aromatic N) is 2. The molecule has 0 saturated carbocycles. The van der Waals surface area contributed by atoms with Gasteiger partial charge in [-0.1, -0.05) is 25.1 Å². The van der Waals surface area contributed by atoms with Gasteiger partial charge >= 0.3 is 0 Å². The predicted molar refractivity (Wildman–Crippen MR) is 81.1 cm³/mol. The van der Waals surface area contributed by atoms with Gasteiger partial charge in [-0.3, -0.25) is 0 Å². The molecule has 2 unspecified atom stereocenters. The highest BCUT2D eigenvalue weighted by Gasteiger charge is 2.13. The van der Waals surface area contributed by atoms with Crippen LogP contribution in [-0.2, 0) is 4.74 Å². The Kier molecular flexibility index (Phi) is 5.32. The van der Waals surface area contributed by atoms with Gasteiger partial charge < -0.3 is 10.1 Å². The summed E-state index contributed by atoms with van der Waals surface area (Å²) in [7, 11) is 1.74. The van der Waals surface area contributed by atoms with Gasteiger partial charge in [0, 0.05) is 31.0 Å². The maximum absolute atomic E-state index is 5.22. The number of nitrogens with one attached hydrogen (secondary N) is 1. The van der Waals surface area contributed by atoms with Crippen LogP contribution in [0.4, 0.5) is 0 Å². The number of methoxy groups -OCH3 is 1. The molecule has 4 heteroatoms. The van der Waals surface area contributed by atoms with Crippen molar-refractivity contribution in [1.29, 1.82) is 0 Å². The molecule has 0 fully saturated rings. The molecular weight excluding hydrogens is 250 g/mol. The Morgan fingerprint density at radius 2 is 2.05 bits per heavy atom. The van der Waals surface area contributed by atoms with Gasteiger partial charge in [0.25, 0.3) is 0 Å². The van der Waals surface area contributed by atoms with E-state index in [0.29, 0.717) is 6.04 Å². The zero-order valence-corrected chi connectivity index (χ0v) is 12.4. The molecule has 0 radical (unpaired) electrons. The van der Waals surface area contributed by atoms with Crippen molar-refractivity contribution in [2.45, 2.75) is 32.4 Å². The second-order valence-corrected chi connectivity index (χ2v) is 5.00. The minimum absolute atomic E-state index is 0.257. The number of aromatic nitrogens is 2. The van der Waals surface area contributed by atoms with Crippen LogP contribution in [0.2, 0.25) is 0 Å². The molecule has 1 N–H and O–H groups in total. The van der Waals surface area contributed by atoms with Crippen LogP contribution < -0.4 is 5.32 Å². The van der Waals surface area contributed by atoms with Crippen LogP contribution in [0.25, 0.3) is 5.69 Å². The van der Waals surface area contributed by atoms with Gasteiger partial charge in [0.1, 0.15) is 0 Å². The highest BCUT2D eigenvalue weighted by Crippen LogP contribution is 2.15. The quantitative estimate of drug-likeness (QED) is 0.843. The molecule has 0 amide bonds. The lowest BCUT2D eigenvalue weighted by atomic mass is 10.1. The molecule has 1 aromatic carbocycles. The summed E-state index contributed by atoms with van der Waals surface area (Å²) >= 11 is 0. The average molecular weight is 273 g/mol. The van der Waals surface area contributed by atoms with Gasteiger partial charge in [0.2, 0.25) is 0 Å². The molecule has 2 rings (SSSR count). The van der Waals surface area contributed by atoms with Crippen LogP contribution in [-0.4, -0.2) is 29.5 Å².